The molecular formula is C13H18BrNO2. The number of likely N-dealkylation sites (N-methyl/N-ethyl adjacent to an activating group) is 1. The van der Waals surface area contributed by atoms with Gasteiger partial charge in [0, 0.05) is 24.0 Å². The second kappa shape index (κ2) is 5.85. The first kappa shape index (κ1) is 12.9. The summed E-state index contributed by atoms with van der Waals surface area (Å²) in [5.41, 5.74) is 2.56. The van der Waals surface area contributed by atoms with Gasteiger partial charge in [-0.1, -0.05) is 15.9 Å². The van der Waals surface area contributed by atoms with Crippen molar-refractivity contribution in [1.82, 2.24) is 5.32 Å². The van der Waals surface area contributed by atoms with Gasteiger partial charge in [0.25, 0.3) is 0 Å². The molecule has 4 heteroatoms. The summed E-state index contributed by atoms with van der Waals surface area (Å²) >= 11 is 3.56. The highest BCUT2D eigenvalue weighted by molar-refractivity contribution is 9.10. The summed E-state index contributed by atoms with van der Waals surface area (Å²) in [4.78, 5) is 0. The fraction of sp³-hybridized carbons (Fsp3) is 0.538. The molecule has 0 bridgehead atoms. The van der Waals surface area contributed by atoms with E-state index in [0.29, 0.717) is 12.6 Å². The molecule has 1 aromatic carbocycles. The Morgan fingerprint density at radius 2 is 2.35 bits per heavy atom. The third-order valence-electron chi connectivity index (χ3n) is 3.07. The zero-order chi connectivity index (χ0) is 12.3. The van der Waals surface area contributed by atoms with Gasteiger partial charge in [-0.2, -0.15) is 0 Å². The molecule has 1 atom stereocenters. The maximum Gasteiger partial charge on any atom is 0.125 e. The van der Waals surface area contributed by atoms with Crippen molar-refractivity contribution in [3.63, 3.8) is 0 Å². The zero-order valence-corrected chi connectivity index (χ0v) is 11.8. The maximum absolute atomic E-state index is 5.72. The molecule has 1 N–H and O–H groups in total. The molecule has 94 valence electrons. The molecule has 1 aliphatic rings. The SMILES string of the molecule is CNC(COC)Cc1cc(Br)cc2c1OCC2. The standard InChI is InChI=1S/C13H18BrNO2/c1-15-12(8-16-2)7-10-6-11(14)5-9-3-4-17-13(9)10/h5-6,12,15H,3-4,7-8H2,1-2H3. The Labute approximate surface area is 111 Å². The first-order chi connectivity index (χ1) is 8.24. The van der Waals surface area contributed by atoms with Gasteiger partial charge in [-0.05, 0) is 36.7 Å². The third kappa shape index (κ3) is 3.00. The van der Waals surface area contributed by atoms with Gasteiger partial charge in [-0.25, -0.2) is 0 Å². The van der Waals surface area contributed by atoms with Gasteiger partial charge in [-0.3, -0.25) is 0 Å². The topological polar surface area (TPSA) is 30.5 Å². The monoisotopic (exact) mass is 299 g/mol. The van der Waals surface area contributed by atoms with E-state index in [1.165, 1.54) is 11.1 Å². The summed E-state index contributed by atoms with van der Waals surface area (Å²) in [6.45, 7) is 1.51. The van der Waals surface area contributed by atoms with Crippen molar-refractivity contribution < 1.29 is 9.47 Å². The number of methoxy groups -OCH3 is 1. The summed E-state index contributed by atoms with van der Waals surface area (Å²) in [5, 5.41) is 3.27. The first-order valence-corrected chi connectivity index (χ1v) is 6.64. The molecular weight excluding hydrogens is 282 g/mol. The largest absolute Gasteiger partial charge is 0.493 e. The Kier molecular flexibility index (Phi) is 4.42. The molecule has 0 aliphatic carbocycles. The quantitative estimate of drug-likeness (QED) is 0.904. The van der Waals surface area contributed by atoms with E-state index in [2.05, 4.69) is 33.4 Å². The van der Waals surface area contributed by atoms with Crippen molar-refractivity contribution in [3.05, 3.63) is 27.7 Å². The summed E-state index contributed by atoms with van der Waals surface area (Å²) in [7, 11) is 3.69. The van der Waals surface area contributed by atoms with Crippen molar-refractivity contribution in [2.75, 3.05) is 27.4 Å². The Bertz CT molecular complexity index is 395. The average Bonchev–Trinajstić information content (AvgIpc) is 2.76. The molecule has 1 aliphatic heterocycles. The molecule has 0 fully saturated rings. The van der Waals surface area contributed by atoms with Crippen LogP contribution in [0.1, 0.15) is 11.1 Å². The molecule has 17 heavy (non-hydrogen) atoms. The zero-order valence-electron chi connectivity index (χ0n) is 10.3. The molecule has 0 spiro atoms. The minimum atomic E-state index is 0.322. The van der Waals surface area contributed by atoms with Crippen LogP contribution in [0.3, 0.4) is 0 Å². The summed E-state index contributed by atoms with van der Waals surface area (Å²) in [6.07, 6.45) is 1.93. The Hall–Kier alpha value is -0.580. The summed E-state index contributed by atoms with van der Waals surface area (Å²) in [6, 6.07) is 4.61. The fourth-order valence-electron chi connectivity index (χ4n) is 2.21. The number of halogens is 1. The van der Waals surface area contributed by atoms with Gasteiger partial charge < -0.3 is 14.8 Å². The smallest absolute Gasteiger partial charge is 0.125 e. The van der Waals surface area contributed by atoms with E-state index in [1.807, 2.05) is 7.05 Å². The van der Waals surface area contributed by atoms with Crippen LogP contribution in [0.5, 0.6) is 5.75 Å². The van der Waals surface area contributed by atoms with Gasteiger partial charge >= 0.3 is 0 Å². The lowest BCUT2D eigenvalue weighted by atomic mass is 10.0. The van der Waals surface area contributed by atoms with Crippen LogP contribution in [-0.4, -0.2) is 33.4 Å². The van der Waals surface area contributed by atoms with Gasteiger partial charge in [-0.15, -0.1) is 0 Å². The number of hydrogen-bond donors (Lipinski definition) is 1. The van der Waals surface area contributed by atoms with Crippen molar-refractivity contribution in [2.45, 2.75) is 18.9 Å². The Morgan fingerprint density at radius 1 is 1.53 bits per heavy atom. The Morgan fingerprint density at radius 3 is 3.06 bits per heavy atom. The highest BCUT2D eigenvalue weighted by Gasteiger charge is 2.19. The number of nitrogens with one attached hydrogen (secondary N) is 1. The maximum atomic E-state index is 5.72. The molecule has 0 aromatic heterocycles. The first-order valence-electron chi connectivity index (χ1n) is 5.85. The Balaban J connectivity index is 2.20. The molecule has 1 heterocycles. The van der Waals surface area contributed by atoms with Crippen molar-refractivity contribution in [1.29, 1.82) is 0 Å². The van der Waals surface area contributed by atoms with Gasteiger partial charge in [0.05, 0.1) is 13.2 Å². The molecule has 0 amide bonds. The number of fused-ring (bicyclic) bond motifs is 1. The molecule has 1 aromatic rings. The van der Waals surface area contributed by atoms with Crippen molar-refractivity contribution >= 4 is 15.9 Å². The summed E-state index contributed by atoms with van der Waals surface area (Å²) in [5.74, 6) is 1.07. The van der Waals surface area contributed by atoms with E-state index in [4.69, 9.17) is 9.47 Å². The fourth-order valence-corrected chi connectivity index (χ4v) is 2.76. The summed E-state index contributed by atoms with van der Waals surface area (Å²) < 4.78 is 12.0. The lowest BCUT2D eigenvalue weighted by Gasteiger charge is -2.17. The van der Waals surface area contributed by atoms with Gasteiger partial charge in [0.15, 0.2) is 0 Å². The third-order valence-corrected chi connectivity index (χ3v) is 3.53. The van der Waals surface area contributed by atoms with E-state index >= 15 is 0 Å². The number of ether oxygens (including phenoxy) is 2. The van der Waals surface area contributed by atoms with Crippen LogP contribution < -0.4 is 10.1 Å². The minimum absolute atomic E-state index is 0.322. The van der Waals surface area contributed by atoms with E-state index in [-0.39, 0.29) is 0 Å². The molecule has 2 rings (SSSR count). The predicted octanol–water partition coefficient (Wildman–Crippen LogP) is 2.16. The van der Waals surface area contributed by atoms with Crippen molar-refractivity contribution in [3.8, 4) is 5.75 Å². The van der Waals surface area contributed by atoms with Crippen LogP contribution >= 0.6 is 15.9 Å². The van der Waals surface area contributed by atoms with Gasteiger partial charge in [0.1, 0.15) is 5.75 Å². The van der Waals surface area contributed by atoms with Crippen LogP contribution in [0.25, 0.3) is 0 Å². The molecule has 0 radical (unpaired) electrons. The lowest BCUT2D eigenvalue weighted by molar-refractivity contribution is 0.169. The predicted molar refractivity (Wildman–Crippen MR) is 71.8 cm³/mol. The second-order valence-electron chi connectivity index (χ2n) is 4.30. The van der Waals surface area contributed by atoms with Crippen LogP contribution in [0, 0.1) is 0 Å². The normalized spacial score (nSPS) is 15.5. The molecule has 0 saturated heterocycles. The molecule has 1 unspecified atom stereocenters. The van der Waals surface area contributed by atoms with E-state index in [0.717, 1.165) is 29.7 Å². The van der Waals surface area contributed by atoms with Crippen LogP contribution in [0.4, 0.5) is 0 Å². The highest BCUT2D eigenvalue weighted by atomic mass is 79.9. The van der Waals surface area contributed by atoms with Crippen LogP contribution in [0.15, 0.2) is 16.6 Å². The highest BCUT2D eigenvalue weighted by Crippen LogP contribution is 2.33. The van der Waals surface area contributed by atoms with E-state index < -0.39 is 0 Å². The second-order valence-corrected chi connectivity index (χ2v) is 5.21. The van der Waals surface area contributed by atoms with Gasteiger partial charge in [0.2, 0.25) is 0 Å². The van der Waals surface area contributed by atoms with Crippen molar-refractivity contribution in [2.24, 2.45) is 0 Å². The molecule has 3 nitrogen and oxygen atoms in total. The minimum Gasteiger partial charge on any atom is -0.493 e. The van der Waals surface area contributed by atoms with Crippen LogP contribution in [0.2, 0.25) is 0 Å². The number of benzene rings is 1. The average molecular weight is 300 g/mol. The van der Waals surface area contributed by atoms with Crippen LogP contribution in [-0.2, 0) is 17.6 Å². The lowest BCUT2D eigenvalue weighted by Crippen LogP contribution is -2.32. The van der Waals surface area contributed by atoms with E-state index in [9.17, 15) is 0 Å². The molecule has 0 saturated carbocycles. The van der Waals surface area contributed by atoms with E-state index in [1.54, 1.807) is 7.11 Å². The number of rotatable bonds is 5. The number of hydrogen-bond acceptors (Lipinski definition) is 3.